The smallest absolute Gasteiger partial charge is 0.545 e. The summed E-state index contributed by atoms with van der Waals surface area (Å²) in [7, 11) is 1.53. The van der Waals surface area contributed by atoms with E-state index in [2.05, 4.69) is 15.8 Å². The van der Waals surface area contributed by atoms with Crippen molar-refractivity contribution in [3.8, 4) is 0 Å². The van der Waals surface area contributed by atoms with E-state index in [-0.39, 0.29) is 56.9 Å². The zero-order valence-electron chi connectivity index (χ0n) is 8.02. The first-order chi connectivity index (χ1) is 6.24. The molecule has 6 heteroatoms. The summed E-state index contributed by atoms with van der Waals surface area (Å²) in [6.07, 6.45) is 0. The number of nitrogens with one attached hydrogen (secondary N) is 1. The van der Waals surface area contributed by atoms with E-state index in [1.165, 1.54) is 19.2 Å². The zero-order chi connectivity index (χ0) is 9.68. The molecule has 0 spiro atoms. The molecule has 0 saturated heterocycles. The van der Waals surface area contributed by atoms with Crippen LogP contribution >= 0.6 is 0 Å². The average molecular weight is 217 g/mol. The number of carbonyl (C=O) groups is 1. The van der Waals surface area contributed by atoms with E-state index in [0.29, 0.717) is 5.69 Å². The van der Waals surface area contributed by atoms with Gasteiger partial charge in [0.15, 0.2) is 0 Å². The molecule has 0 aliphatic heterocycles. The second kappa shape index (κ2) is 7.08. The van der Waals surface area contributed by atoms with Gasteiger partial charge in [0, 0.05) is 0 Å². The minimum absolute atomic E-state index is 0. The Hall–Kier alpha value is -0.274. The molecule has 5 nitrogen and oxygen atoms in total. The molecular formula is C8H8KN3O2. The summed E-state index contributed by atoms with van der Waals surface area (Å²) in [6, 6.07) is 6.03. The first-order valence-electron chi connectivity index (χ1n) is 3.60. The molecule has 1 N–H and O–H groups in total. The van der Waals surface area contributed by atoms with Crippen LogP contribution in [-0.4, -0.2) is 13.0 Å². The molecule has 0 radical (unpaired) electrons. The van der Waals surface area contributed by atoms with Crippen molar-refractivity contribution in [1.29, 1.82) is 0 Å². The molecule has 1 aromatic carbocycles. The SMILES string of the molecule is CN=NNc1ccc(C(=O)[O-])cc1.[K+]. The molecule has 68 valence electrons. The number of rotatable bonds is 3. The maximum Gasteiger partial charge on any atom is 1.00 e. The van der Waals surface area contributed by atoms with Crippen LogP contribution in [0.4, 0.5) is 5.69 Å². The topological polar surface area (TPSA) is 76.9 Å². The maximum absolute atomic E-state index is 10.4. The van der Waals surface area contributed by atoms with Crippen LogP contribution in [0.15, 0.2) is 34.6 Å². The summed E-state index contributed by atoms with van der Waals surface area (Å²) >= 11 is 0. The average Bonchev–Trinajstić information content (AvgIpc) is 2.15. The van der Waals surface area contributed by atoms with E-state index < -0.39 is 5.97 Å². The fourth-order valence-electron chi connectivity index (χ4n) is 0.789. The molecule has 0 aliphatic rings. The van der Waals surface area contributed by atoms with Gasteiger partial charge in [-0.1, -0.05) is 17.4 Å². The van der Waals surface area contributed by atoms with Crippen LogP contribution in [0.2, 0.25) is 0 Å². The van der Waals surface area contributed by atoms with Crippen LogP contribution in [0, 0.1) is 0 Å². The van der Waals surface area contributed by atoms with E-state index in [1.54, 1.807) is 12.1 Å². The van der Waals surface area contributed by atoms with Crippen molar-refractivity contribution in [2.45, 2.75) is 0 Å². The van der Waals surface area contributed by atoms with Gasteiger partial charge in [0.25, 0.3) is 0 Å². The van der Waals surface area contributed by atoms with Gasteiger partial charge in [-0.2, -0.15) is 5.11 Å². The Labute approximate surface area is 124 Å². The van der Waals surface area contributed by atoms with Crippen molar-refractivity contribution in [2.75, 3.05) is 12.5 Å². The fraction of sp³-hybridized carbons (Fsp3) is 0.125. The van der Waals surface area contributed by atoms with Crippen molar-refractivity contribution in [3.05, 3.63) is 29.8 Å². The third-order valence-corrected chi connectivity index (χ3v) is 1.40. The molecule has 0 fully saturated rings. The summed E-state index contributed by atoms with van der Waals surface area (Å²) < 4.78 is 0. The Bertz CT molecular complexity index is 324. The quantitative estimate of drug-likeness (QED) is 0.344. The van der Waals surface area contributed by atoms with Crippen molar-refractivity contribution in [1.82, 2.24) is 0 Å². The summed E-state index contributed by atoms with van der Waals surface area (Å²) in [5.74, 6) is -1.19. The molecular weight excluding hydrogens is 209 g/mol. The van der Waals surface area contributed by atoms with Gasteiger partial charge >= 0.3 is 51.4 Å². The largest absolute Gasteiger partial charge is 1.00 e. The number of hydrogen-bond acceptors (Lipinski definition) is 4. The van der Waals surface area contributed by atoms with E-state index >= 15 is 0 Å². The Kier molecular flexibility index (Phi) is 6.94. The van der Waals surface area contributed by atoms with Crippen LogP contribution in [0.5, 0.6) is 0 Å². The van der Waals surface area contributed by atoms with Gasteiger partial charge in [0.05, 0.1) is 18.7 Å². The number of carboxylic acid groups (broad SMARTS) is 1. The third-order valence-electron chi connectivity index (χ3n) is 1.40. The number of aromatic carboxylic acids is 1. The van der Waals surface area contributed by atoms with E-state index in [1.807, 2.05) is 0 Å². The monoisotopic (exact) mass is 217 g/mol. The number of carboxylic acids is 1. The van der Waals surface area contributed by atoms with Crippen LogP contribution in [0.25, 0.3) is 0 Å². The number of anilines is 1. The minimum Gasteiger partial charge on any atom is -0.545 e. The summed E-state index contributed by atoms with van der Waals surface area (Å²) in [5.41, 5.74) is 3.42. The summed E-state index contributed by atoms with van der Waals surface area (Å²) in [5, 5.41) is 17.4. The van der Waals surface area contributed by atoms with Crippen LogP contribution < -0.4 is 61.9 Å². The molecule has 0 heterocycles. The molecule has 1 aromatic rings. The predicted molar refractivity (Wildman–Crippen MR) is 45.2 cm³/mol. The predicted octanol–water partition coefficient (Wildman–Crippen LogP) is -2.54. The van der Waals surface area contributed by atoms with Gasteiger partial charge in [-0.05, 0) is 17.7 Å². The van der Waals surface area contributed by atoms with Gasteiger partial charge in [-0.15, -0.1) is 0 Å². The molecule has 0 unspecified atom stereocenters. The van der Waals surface area contributed by atoms with Crippen LogP contribution in [0.1, 0.15) is 10.4 Å². The Balaban J connectivity index is 0.00000169. The van der Waals surface area contributed by atoms with Crippen molar-refractivity contribution in [2.24, 2.45) is 10.3 Å². The van der Waals surface area contributed by atoms with Crippen molar-refractivity contribution >= 4 is 11.7 Å². The number of nitrogens with zero attached hydrogens (tertiary/aromatic N) is 2. The summed E-state index contributed by atoms with van der Waals surface area (Å²) in [6.45, 7) is 0. The molecule has 14 heavy (non-hydrogen) atoms. The Morgan fingerprint density at radius 3 is 2.36 bits per heavy atom. The van der Waals surface area contributed by atoms with E-state index in [0.717, 1.165) is 0 Å². The van der Waals surface area contributed by atoms with E-state index in [4.69, 9.17) is 0 Å². The first-order valence-corrected chi connectivity index (χ1v) is 3.60. The molecule has 0 bridgehead atoms. The second-order valence-electron chi connectivity index (χ2n) is 2.28. The van der Waals surface area contributed by atoms with Crippen LogP contribution in [-0.2, 0) is 0 Å². The third kappa shape index (κ3) is 4.29. The molecule has 1 rings (SSSR count). The maximum atomic E-state index is 10.4. The first kappa shape index (κ1) is 13.7. The number of hydrogen-bond donors (Lipinski definition) is 1. The number of benzene rings is 1. The molecule has 0 aromatic heterocycles. The van der Waals surface area contributed by atoms with Gasteiger partial charge in [0.2, 0.25) is 0 Å². The van der Waals surface area contributed by atoms with Crippen molar-refractivity contribution in [3.63, 3.8) is 0 Å². The molecule has 0 atom stereocenters. The normalized spacial score (nSPS) is 9.50. The van der Waals surface area contributed by atoms with Crippen LogP contribution in [0.3, 0.4) is 0 Å². The fourth-order valence-corrected chi connectivity index (χ4v) is 0.789. The Morgan fingerprint density at radius 2 is 1.93 bits per heavy atom. The summed E-state index contributed by atoms with van der Waals surface area (Å²) in [4.78, 5) is 10.4. The molecule has 0 amide bonds. The molecule has 0 saturated carbocycles. The minimum atomic E-state index is -1.19. The molecule has 0 aliphatic carbocycles. The number of carbonyl (C=O) groups excluding carboxylic acids is 1. The van der Waals surface area contributed by atoms with Crippen molar-refractivity contribution < 1.29 is 61.3 Å². The van der Waals surface area contributed by atoms with Gasteiger partial charge in [-0.3, -0.25) is 5.43 Å². The van der Waals surface area contributed by atoms with Gasteiger partial charge in [0.1, 0.15) is 0 Å². The standard InChI is InChI=1S/C8H9N3O2.K/c1-9-11-10-7-4-2-6(3-5-7)8(12)13;/h2-5H,1H3,(H,9,10)(H,12,13);/q;+1/p-1. The second-order valence-corrected chi connectivity index (χ2v) is 2.28. The van der Waals surface area contributed by atoms with Gasteiger partial charge in [-0.25, -0.2) is 0 Å². The Morgan fingerprint density at radius 1 is 1.36 bits per heavy atom. The van der Waals surface area contributed by atoms with Gasteiger partial charge < -0.3 is 9.90 Å². The van der Waals surface area contributed by atoms with E-state index in [9.17, 15) is 9.90 Å². The zero-order valence-corrected chi connectivity index (χ0v) is 11.1.